The molecule has 0 aromatic heterocycles. The summed E-state index contributed by atoms with van der Waals surface area (Å²) in [5, 5.41) is 3.32. The van der Waals surface area contributed by atoms with Gasteiger partial charge in [-0.25, -0.2) is 4.79 Å². The first kappa shape index (κ1) is 12.6. The zero-order chi connectivity index (χ0) is 12.3. The van der Waals surface area contributed by atoms with Crippen molar-refractivity contribution in [2.75, 3.05) is 6.61 Å². The van der Waals surface area contributed by atoms with E-state index in [1.807, 2.05) is 31.2 Å². The van der Waals surface area contributed by atoms with Crippen molar-refractivity contribution >= 4 is 21.9 Å². The second kappa shape index (κ2) is 5.65. The Morgan fingerprint density at radius 3 is 2.65 bits per heavy atom. The van der Waals surface area contributed by atoms with Gasteiger partial charge in [0.05, 0.1) is 6.61 Å². The molecule has 4 heteroatoms. The van der Waals surface area contributed by atoms with Crippen LogP contribution in [0.1, 0.15) is 31.4 Å². The molecule has 0 amide bonds. The Balaban J connectivity index is 2.12. The number of ether oxygens (including phenoxy) is 1. The van der Waals surface area contributed by atoms with E-state index in [9.17, 15) is 4.79 Å². The molecule has 1 N–H and O–H groups in total. The van der Waals surface area contributed by atoms with Gasteiger partial charge in [-0.05, 0) is 37.5 Å². The van der Waals surface area contributed by atoms with Gasteiger partial charge in [0.1, 0.15) is 6.04 Å². The Morgan fingerprint density at radius 2 is 2.12 bits per heavy atom. The van der Waals surface area contributed by atoms with Crippen molar-refractivity contribution in [1.29, 1.82) is 0 Å². The molecule has 0 saturated heterocycles. The highest BCUT2D eigenvalue weighted by Gasteiger charge is 2.30. The van der Waals surface area contributed by atoms with Crippen LogP contribution < -0.4 is 5.32 Å². The fourth-order valence-electron chi connectivity index (χ4n) is 1.67. The van der Waals surface area contributed by atoms with Crippen LogP contribution in [0.3, 0.4) is 0 Å². The molecule has 0 bridgehead atoms. The Bertz CT molecular complexity index is 387. The molecule has 0 heterocycles. The second-order valence-corrected chi connectivity index (χ2v) is 5.09. The third-order valence-electron chi connectivity index (χ3n) is 2.71. The molecular weight excluding hydrogens is 282 g/mol. The van der Waals surface area contributed by atoms with Gasteiger partial charge in [-0.15, -0.1) is 0 Å². The van der Waals surface area contributed by atoms with E-state index >= 15 is 0 Å². The quantitative estimate of drug-likeness (QED) is 0.850. The molecule has 1 unspecified atom stereocenters. The number of rotatable bonds is 5. The molecule has 1 aromatic rings. The standard InChI is InChI=1S/C13H16BrNO2/c1-2-17-13(16)12(15-11-7-8-11)9-3-5-10(14)6-4-9/h3-6,11-12,15H,2,7-8H2,1H3. The van der Waals surface area contributed by atoms with Gasteiger partial charge in [-0.1, -0.05) is 28.1 Å². The van der Waals surface area contributed by atoms with Gasteiger partial charge < -0.3 is 4.74 Å². The fraction of sp³-hybridized carbons (Fsp3) is 0.462. The van der Waals surface area contributed by atoms with Crippen LogP contribution in [0, 0.1) is 0 Å². The van der Waals surface area contributed by atoms with Crippen molar-refractivity contribution in [3.63, 3.8) is 0 Å². The number of esters is 1. The monoisotopic (exact) mass is 297 g/mol. The van der Waals surface area contributed by atoms with Crippen molar-refractivity contribution in [2.45, 2.75) is 31.8 Å². The summed E-state index contributed by atoms with van der Waals surface area (Å²) in [4.78, 5) is 11.9. The van der Waals surface area contributed by atoms with Crippen molar-refractivity contribution in [2.24, 2.45) is 0 Å². The predicted molar refractivity (Wildman–Crippen MR) is 69.7 cm³/mol. The van der Waals surface area contributed by atoms with E-state index < -0.39 is 0 Å². The predicted octanol–water partition coefficient (Wildman–Crippen LogP) is 2.81. The Labute approximate surface area is 110 Å². The van der Waals surface area contributed by atoms with Gasteiger partial charge >= 0.3 is 5.97 Å². The van der Waals surface area contributed by atoms with E-state index in [0.717, 1.165) is 22.9 Å². The van der Waals surface area contributed by atoms with Gasteiger partial charge in [-0.3, -0.25) is 5.32 Å². The highest BCUT2D eigenvalue weighted by atomic mass is 79.9. The first-order chi connectivity index (χ1) is 8.20. The van der Waals surface area contributed by atoms with Gasteiger partial charge in [0.25, 0.3) is 0 Å². The Kier molecular flexibility index (Phi) is 4.18. The smallest absolute Gasteiger partial charge is 0.327 e. The zero-order valence-corrected chi connectivity index (χ0v) is 11.4. The number of nitrogens with one attached hydrogen (secondary N) is 1. The van der Waals surface area contributed by atoms with Crippen LogP contribution in [0.2, 0.25) is 0 Å². The third-order valence-corrected chi connectivity index (χ3v) is 3.23. The molecule has 1 aliphatic carbocycles. The molecule has 17 heavy (non-hydrogen) atoms. The number of carbonyl (C=O) groups excluding carboxylic acids is 1. The molecule has 1 saturated carbocycles. The first-order valence-corrected chi connectivity index (χ1v) is 6.68. The van der Waals surface area contributed by atoms with Crippen molar-refractivity contribution < 1.29 is 9.53 Å². The molecule has 3 nitrogen and oxygen atoms in total. The lowest BCUT2D eigenvalue weighted by atomic mass is 10.1. The Morgan fingerprint density at radius 1 is 1.47 bits per heavy atom. The van der Waals surface area contributed by atoms with E-state index in [1.165, 1.54) is 0 Å². The maximum absolute atomic E-state index is 11.9. The van der Waals surface area contributed by atoms with Crippen LogP contribution in [0.25, 0.3) is 0 Å². The molecule has 1 aliphatic rings. The van der Waals surface area contributed by atoms with Gasteiger partial charge in [0, 0.05) is 10.5 Å². The van der Waals surface area contributed by atoms with Gasteiger partial charge in [0.15, 0.2) is 0 Å². The Hall–Kier alpha value is -0.870. The summed E-state index contributed by atoms with van der Waals surface area (Å²) in [6.45, 7) is 2.24. The average Bonchev–Trinajstić information content (AvgIpc) is 3.11. The normalized spacial score (nSPS) is 16.6. The number of halogens is 1. The van der Waals surface area contributed by atoms with Gasteiger partial charge in [-0.2, -0.15) is 0 Å². The summed E-state index contributed by atoms with van der Waals surface area (Å²) in [6.07, 6.45) is 2.29. The molecule has 1 fully saturated rings. The molecule has 0 aliphatic heterocycles. The topological polar surface area (TPSA) is 38.3 Å². The average molecular weight is 298 g/mol. The minimum absolute atomic E-state index is 0.193. The lowest BCUT2D eigenvalue weighted by Gasteiger charge is -2.17. The highest BCUT2D eigenvalue weighted by Crippen LogP contribution is 2.25. The van der Waals surface area contributed by atoms with E-state index in [4.69, 9.17) is 4.74 Å². The number of hydrogen-bond acceptors (Lipinski definition) is 3. The summed E-state index contributed by atoms with van der Waals surface area (Å²) in [5.74, 6) is -0.193. The van der Waals surface area contributed by atoms with Crippen LogP contribution in [-0.2, 0) is 9.53 Å². The number of carbonyl (C=O) groups is 1. The molecule has 0 radical (unpaired) electrons. The molecule has 92 valence electrons. The van der Waals surface area contributed by atoms with Crippen LogP contribution in [0.5, 0.6) is 0 Å². The third kappa shape index (κ3) is 3.54. The zero-order valence-electron chi connectivity index (χ0n) is 9.78. The molecule has 1 atom stereocenters. The fourth-order valence-corrected chi connectivity index (χ4v) is 1.93. The number of hydrogen-bond donors (Lipinski definition) is 1. The molecule has 0 spiro atoms. The largest absolute Gasteiger partial charge is 0.465 e. The summed E-state index contributed by atoms with van der Waals surface area (Å²) in [5.41, 5.74) is 0.957. The SMILES string of the molecule is CCOC(=O)C(NC1CC1)c1ccc(Br)cc1. The minimum Gasteiger partial charge on any atom is -0.465 e. The van der Waals surface area contributed by atoms with E-state index in [-0.39, 0.29) is 12.0 Å². The summed E-state index contributed by atoms with van der Waals surface area (Å²) >= 11 is 3.39. The summed E-state index contributed by atoms with van der Waals surface area (Å²) in [6, 6.07) is 7.90. The van der Waals surface area contributed by atoms with Crippen molar-refractivity contribution in [3.8, 4) is 0 Å². The maximum atomic E-state index is 11.9. The first-order valence-electron chi connectivity index (χ1n) is 5.89. The highest BCUT2D eigenvalue weighted by molar-refractivity contribution is 9.10. The molecular formula is C13H16BrNO2. The second-order valence-electron chi connectivity index (χ2n) is 4.18. The van der Waals surface area contributed by atoms with E-state index in [1.54, 1.807) is 0 Å². The summed E-state index contributed by atoms with van der Waals surface area (Å²) in [7, 11) is 0. The lowest BCUT2D eigenvalue weighted by molar-refractivity contribution is -0.145. The van der Waals surface area contributed by atoms with E-state index in [2.05, 4.69) is 21.2 Å². The van der Waals surface area contributed by atoms with E-state index in [0.29, 0.717) is 12.6 Å². The van der Waals surface area contributed by atoms with Gasteiger partial charge in [0.2, 0.25) is 0 Å². The molecule has 2 rings (SSSR count). The van der Waals surface area contributed by atoms with Crippen molar-refractivity contribution in [3.05, 3.63) is 34.3 Å². The molecule has 1 aromatic carbocycles. The van der Waals surface area contributed by atoms with Crippen LogP contribution in [0.15, 0.2) is 28.7 Å². The van der Waals surface area contributed by atoms with Crippen molar-refractivity contribution in [1.82, 2.24) is 5.32 Å². The lowest BCUT2D eigenvalue weighted by Crippen LogP contribution is -2.31. The van der Waals surface area contributed by atoms with Crippen LogP contribution >= 0.6 is 15.9 Å². The van der Waals surface area contributed by atoms with Crippen LogP contribution in [-0.4, -0.2) is 18.6 Å². The van der Waals surface area contributed by atoms with Crippen LogP contribution in [0.4, 0.5) is 0 Å². The summed E-state index contributed by atoms with van der Waals surface area (Å²) < 4.78 is 6.11. The number of benzene rings is 1. The minimum atomic E-state index is -0.337. The maximum Gasteiger partial charge on any atom is 0.327 e.